The van der Waals surface area contributed by atoms with Crippen LogP contribution in [0.5, 0.6) is 0 Å². The first-order valence-electron chi connectivity index (χ1n) is 7.85. The Bertz CT molecular complexity index is 1080. The third-order valence-corrected chi connectivity index (χ3v) is 4.14. The Hall–Kier alpha value is -3.03. The summed E-state index contributed by atoms with van der Waals surface area (Å²) in [7, 11) is 0. The monoisotopic (exact) mass is 427 g/mol. The maximum Gasteiger partial charge on any atom is 0.422 e. The second-order valence-electron chi connectivity index (χ2n) is 5.88. The van der Waals surface area contributed by atoms with Gasteiger partial charge in [0.1, 0.15) is 22.9 Å². The van der Waals surface area contributed by atoms with Gasteiger partial charge in [0.2, 0.25) is 0 Å². The lowest BCUT2D eigenvalue weighted by molar-refractivity contribution is -0.142. The van der Waals surface area contributed by atoms with Gasteiger partial charge in [-0.2, -0.15) is 18.2 Å². The van der Waals surface area contributed by atoms with Crippen LogP contribution in [0.3, 0.4) is 0 Å². The van der Waals surface area contributed by atoms with Crippen molar-refractivity contribution >= 4 is 23.1 Å². The minimum absolute atomic E-state index is 0.123. The van der Waals surface area contributed by atoms with Crippen molar-refractivity contribution in [2.75, 3.05) is 0 Å². The van der Waals surface area contributed by atoms with Crippen LogP contribution in [0.25, 0.3) is 22.3 Å². The van der Waals surface area contributed by atoms with Crippen molar-refractivity contribution in [1.82, 2.24) is 0 Å². The van der Waals surface area contributed by atoms with Gasteiger partial charge in [-0.15, -0.1) is 0 Å². The van der Waals surface area contributed by atoms with Gasteiger partial charge in [-0.05, 0) is 58.7 Å². The van der Waals surface area contributed by atoms with Crippen LogP contribution in [0, 0.1) is 23.3 Å². The predicted octanol–water partition coefficient (Wildman–Crippen LogP) is 7.33. The standard InChI is InChI=1S/C20H8F7NS/c21-14-5-12(6-15(22)18(14)20(25,26)27)10-1-3-11(4-2-10)13-7-16(23)19(28-9-29)17(24)8-13/h1-8H. The molecule has 0 atom stereocenters. The van der Waals surface area contributed by atoms with E-state index in [1.807, 2.05) is 5.16 Å². The molecule has 0 spiro atoms. The molecule has 0 N–H and O–H groups in total. The molecular formula is C20H8F7NS. The summed E-state index contributed by atoms with van der Waals surface area (Å²) in [6.07, 6.45) is -5.16. The molecule has 3 aromatic carbocycles. The first-order chi connectivity index (χ1) is 13.6. The highest BCUT2D eigenvalue weighted by Crippen LogP contribution is 2.36. The molecule has 0 heterocycles. The summed E-state index contributed by atoms with van der Waals surface area (Å²) in [4.78, 5) is 3.30. The fourth-order valence-electron chi connectivity index (χ4n) is 2.75. The molecule has 9 heteroatoms. The van der Waals surface area contributed by atoms with Gasteiger partial charge in [0.25, 0.3) is 0 Å². The van der Waals surface area contributed by atoms with Gasteiger partial charge >= 0.3 is 6.18 Å². The van der Waals surface area contributed by atoms with Crippen molar-refractivity contribution in [2.24, 2.45) is 4.99 Å². The highest BCUT2D eigenvalue weighted by molar-refractivity contribution is 7.78. The van der Waals surface area contributed by atoms with Crippen molar-refractivity contribution in [3.05, 3.63) is 77.4 Å². The average molecular weight is 427 g/mol. The second-order valence-corrected chi connectivity index (χ2v) is 6.06. The van der Waals surface area contributed by atoms with E-state index in [-0.39, 0.29) is 16.7 Å². The summed E-state index contributed by atoms with van der Waals surface area (Å²) < 4.78 is 93.4. The molecule has 0 saturated heterocycles. The van der Waals surface area contributed by atoms with Gasteiger partial charge in [0.05, 0.1) is 5.16 Å². The molecule has 0 saturated carbocycles. The van der Waals surface area contributed by atoms with Crippen molar-refractivity contribution in [1.29, 1.82) is 0 Å². The maximum absolute atomic E-state index is 14.0. The molecule has 29 heavy (non-hydrogen) atoms. The van der Waals surface area contributed by atoms with Crippen LogP contribution in [0.4, 0.5) is 36.4 Å². The van der Waals surface area contributed by atoms with E-state index in [9.17, 15) is 30.7 Å². The Kier molecular flexibility index (Phi) is 5.55. The zero-order chi connectivity index (χ0) is 21.3. The molecule has 0 radical (unpaired) electrons. The van der Waals surface area contributed by atoms with Crippen LogP contribution in [0.2, 0.25) is 0 Å². The van der Waals surface area contributed by atoms with Crippen LogP contribution in [0.1, 0.15) is 5.56 Å². The third-order valence-electron chi connectivity index (χ3n) is 4.05. The zero-order valence-electron chi connectivity index (χ0n) is 14.1. The van der Waals surface area contributed by atoms with Crippen LogP contribution in [-0.2, 0) is 6.18 Å². The number of hydrogen-bond acceptors (Lipinski definition) is 2. The van der Waals surface area contributed by atoms with Crippen molar-refractivity contribution in [3.8, 4) is 22.3 Å². The van der Waals surface area contributed by atoms with Gasteiger partial charge in [-0.25, -0.2) is 17.6 Å². The van der Waals surface area contributed by atoms with Gasteiger partial charge in [-0.1, -0.05) is 24.3 Å². The predicted molar refractivity (Wildman–Crippen MR) is 96.8 cm³/mol. The fourth-order valence-corrected chi connectivity index (χ4v) is 2.84. The summed E-state index contributed by atoms with van der Waals surface area (Å²) in [5.74, 6) is -5.41. The third kappa shape index (κ3) is 4.21. The van der Waals surface area contributed by atoms with Crippen LogP contribution in [0.15, 0.2) is 53.5 Å². The van der Waals surface area contributed by atoms with Gasteiger partial charge < -0.3 is 0 Å². The molecule has 0 bridgehead atoms. The summed E-state index contributed by atoms with van der Waals surface area (Å²) in [5.41, 5.74) is -1.96. The number of benzene rings is 3. The lowest BCUT2D eigenvalue weighted by Gasteiger charge is -2.12. The van der Waals surface area contributed by atoms with Crippen molar-refractivity contribution in [3.63, 3.8) is 0 Å². The van der Waals surface area contributed by atoms with E-state index in [1.165, 1.54) is 24.3 Å². The van der Waals surface area contributed by atoms with E-state index in [0.717, 1.165) is 12.1 Å². The smallest absolute Gasteiger partial charge is 0.206 e. The minimum Gasteiger partial charge on any atom is -0.206 e. The van der Waals surface area contributed by atoms with Crippen LogP contribution in [-0.4, -0.2) is 5.16 Å². The lowest BCUT2D eigenvalue weighted by Crippen LogP contribution is -2.11. The number of alkyl halides is 3. The number of nitrogens with zero attached hydrogens (tertiary/aromatic N) is 1. The average Bonchev–Trinajstić information content (AvgIpc) is 2.63. The molecule has 0 fully saturated rings. The number of isothiocyanates is 1. The minimum atomic E-state index is -5.16. The number of thiocarbonyl (C=S) groups is 1. The second kappa shape index (κ2) is 7.77. The highest BCUT2D eigenvalue weighted by atomic mass is 32.1. The summed E-state index contributed by atoms with van der Waals surface area (Å²) in [6.45, 7) is 0. The van der Waals surface area contributed by atoms with Crippen LogP contribution >= 0.6 is 12.2 Å². The van der Waals surface area contributed by atoms with Gasteiger partial charge in [0.15, 0.2) is 11.6 Å². The Morgan fingerprint density at radius 2 is 1.03 bits per heavy atom. The molecule has 3 rings (SSSR count). The molecule has 0 aliphatic heterocycles. The van der Waals surface area contributed by atoms with Crippen LogP contribution < -0.4 is 0 Å². The van der Waals surface area contributed by atoms with Gasteiger partial charge in [-0.3, -0.25) is 0 Å². The first kappa shape index (κ1) is 20.7. The summed E-state index contributed by atoms with van der Waals surface area (Å²) >= 11 is 4.32. The lowest BCUT2D eigenvalue weighted by atomic mass is 9.98. The Morgan fingerprint density at radius 3 is 1.38 bits per heavy atom. The number of hydrogen-bond donors (Lipinski definition) is 0. The Morgan fingerprint density at radius 1 is 0.655 bits per heavy atom. The molecule has 0 aromatic heterocycles. The first-order valence-corrected chi connectivity index (χ1v) is 8.26. The molecule has 0 amide bonds. The summed E-state index contributed by atoms with van der Waals surface area (Å²) in [6, 6.07) is 8.68. The fraction of sp³-hybridized carbons (Fsp3) is 0.0500. The number of rotatable bonds is 3. The summed E-state index contributed by atoms with van der Waals surface area (Å²) in [5, 5.41) is 1.87. The molecule has 148 valence electrons. The Labute approximate surface area is 165 Å². The van der Waals surface area contributed by atoms with E-state index in [2.05, 4.69) is 17.2 Å². The molecular weight excluding hydrogens is 419 g/mol. The normalized spacial score (nSPS) is 11.3. The van der Waals surface area contributed by atoms with E-state index in [0.29, 0.717) is 17.7 Å². The van der Waals surface area contributed by atoms with Crippen molar-refractivity contribution in [2.45, 2.75) is 6.18 Å². The van der Waals surface area contributed by atoms with E-state index >= 15 is 0 Å². The van der Waals surface area contributed by atoms with Gasteiger partial charge in [0, 0.05) is 0 Å². The molecule has 0 aliphatic carbocycles. The zero-order valence-corrected chi connectivity index (χ0v) is 14.9. The van der Waals surface area contributed by atoms with E-state index < -0.39 is 40.7 Å². The number of halogens is 7. The molecule has 3 aromatic rings. The maximum atomic E-state index is 14.0. The van der Waals surface area contributed by atoms with E-state index in [4.69, 9.17) is 0 Å². The number of aliphatic imine (C=N–C) groups is 1. The van der Waals surface area contributed by atoms with E-state index in [1.54, 1.807) is 0 Å². The SMILES string of the molecule is Fc1cc(-c2ccc(-c3cc(F)c(C(F)(F)F)c(F)c3)cc2)cc(F)c1N=C=S. The van der Waals surface area contributed by atoms with Crippen molar-refractivity contribution < 1.29 is 30.7 Å². The largest absolute Gasteiger partial charge is 0.422 e. The Balaban J connectivity index is 1.99. The quantitative estimate of drug-likeness (QED) is 0.242. The highest BCUT2D eigenvalue weighted by Gasteiger charge is 2.37. The topological polar surface area (TPSA) is 12.4 Å². The molecule has 0 unspecified atom stereocenters. The molecule has 1 nitrogen and oxygen atoms in total. The molecule has 0 aliphatic rings.